The van der Waals surface area contributed by atoms with Gasteiger partial charge in [-0.25, -0.2) is 0 Å². The van der Waals surface area contributed by atoms with E-state index in [2.05, 4.69) is 110 Å². The van der Waals surface area contributed by atoms with E-state index in [0.717, 1.165) is 18.5 Å². The molecule has 2 N–H and O–H groups in total. The molecular weight excluding hydrogens is 446 g/mol. The summed E-state index contributed by atoms with van der Waals surface area (Å²) in [5.74, 6) is 2.44. The van der Waals surface area contributed by atoms with Gasteiger partial charge in [0, 0.05) is 16.5 Å². The third-order valence-corrected chi connectivity index (χ3v) is 8.80. The van der Waals surface area contributed by atoms with Gasteiger partial charge in [0.1, 0.15) is 0 Å². The van der Waals surface area contributed by atoms with Gasteiger partial charge in [0.25, 0.3) is 0 Å². The van der Waals surface area contributed by atoms with Crippen LogP contribution < -0.4 is 5.73 Å². The Kier molecular flexibility index (Phi) is 6.58. The van der Waals surface area contributed by atoms with Crippen LogP contribution in [0.3, 0.4) is 0 Å². The van der Waals surface area contributed by atoms with Gasteiger partial charge in [-0.2, -0.15) is 0 Å². The number of anilines is 1. The van der Waals surface area contributed by atoms with Gasteiger partial charge in [0.2, 0.25) is 0 Å². The van der Waals surface area contributed by atoms with E-state index in [1.807, 2.05) is 0 Å². The molecular formula is C36H47N. The first-order valence-electron chi connectivity index (χ1n) is 14.7. The molecule has 1 heteroatoms. The Morgan fingerprint density at radius 3 is 1.38 bits per heavy atom. The highest BCUT2D eigenvalue weighted by atomic mass is 14.6. The zero-order chi connectivity index (χ0) is 26.7. The molecule has 0 radical (unpaired) electrons. The second-order valence-electron chi connectivity index (χ2n) is 13.9. The Hall–Kier alpha value is -2.54. The van der Waals surface area contributed by atoms with E-state index < -0.39 is 0 Å². The first kappa shape index (κ1) is 26.1. The summed E-state index contributed by atoms with van der Waals surface area (Å²) in [4.78, 5) is 0. The van der Waals surface area contributed by atoms with Gasteiger partial charge in [-0.15, -0.1) is 0 Å². The number of nitrogen functional groups attached to an aromatic ring is 1. The van der Waals surface area contributed by atoms with E-state index >= 15 is 0 Å². The van der Waals surface area contributed by atoms with Crippen molar-refractivity contribution in [3.8, 4) is 22.3 Å². The molecule has 0 spiro atoms. The molecule has 0 saturated heterocycles. The van der Waals surface area contributed by atoms with Crippen molar-refractivity contribution in [1.82, 2.24) is 0 Å². The lowest BCUT2D eigenvalue weighted by atomic mass is 9.66. The predicted molar refractivity (Wildman–Crippen MR) is 161 cm³/mol. The monoisotopic (exact) mass is 493 g/mol. The van der Waals surface area contributed by atoms with Crippen molar-refractivity contribution < 1.29 is 0 Å². The minimum Gasteiger partial charge on any atom is -0.399 e. The van der Waals surface area contributed by atoms with Crippen LogP contribution in [-0.4, -0.2) is 0 Å². The summed E-state index contributed by atoms with van der Waals surface area (Å²) < 4.78 is 0. The van der Waals surface area contributed by atoms with Gasteiger partial charge < -0.3 is 5.73 Å². The van der Waals surface area contributed by atoms with Crippen molar-refractivity contribution in [2.24, 2.45) is 23.7 Å². The van der Waals surface area contributed by atoms with Gasteiger partial charge >= 0.3 is 0 Å². The fraction of sp³-hybridized carbons (Fsp3) is 0.500. The van der Waals surface area contributed by atoms with E-state index in [0.29, 0.717) is 23.7 Å². The van der Waals surface area contributed by atoms with Gasteiger partial charge in [-0.3, -0.25) is 0 Å². The van der Waals surface area contributed by atoms with Crippen LogP contribution in [0, 0.1) is 23.7 Å². The third kappa shape index (κ3) is 4.14. The summed E-state index contributed by atoms with van der Waals surface area (Å²) in [5.41, 5.74) is 19.3. The fourth-order valence-electron chi connectivity index (χ4n) is 8.29. The van der Waals surface area contributed by atoms with Gasteiger partial charge in [0.15, 0.2) is 0 Å². The number of hydrogen-bond acceptors (Lipinski definition) is 1. The quantitative estimate of drug-likeness (QED) is 0.310. The highest BCUT2D eigenvalue weighted by Crippen LogP contribution is 2.61. The molecule has 0 heterocycles. The lowest BCUT2D eigenvalue weighted by Crippen LogP contribution is -2.30. The van der Waals surface area contributed by atoms with Crippen LogP contribution in [0.25, 0.3) is 22.3 Å². The van der Waals surface area contributed by atoms with Crippen LogP contribution in [0.5, 0.6) is 0 Å². The number of fused-ring (bicyclic) bond motifs is 6. The van der Waals surface area contributed by atoms with Crippen LogP contribution in [0.2, 0.25) is 0 Å². The first-order valence-corrected chi connectivity index (χ1v) is 14.7. The van der Waals surface area contributed by atoms with Crippen LogP contribution in [0.4, 0.5) is 5.69 Å². The topological polar surface area (TPSA) is 26.0 Å². The minimum absolute atomic E-state index is 0.00764. The highest BCUT2D eigenvalue weighted by molar-refractivity contribution is 5.90. The lowest BCUT2D eigenvalue weighted by Gasteiger charge is -2.37. The third-order valence-electron chi connectivity index (χ3n) is 8.80. The standard InChI is InChI=1S/C36H47N/c1-22(2)18-35(19-23(3)4)31-12-10-9-11-27(31)29-16-34-30(17-33(29)35)28-14-13-26(37)15-32(28)36(34,20-24(5)6)21-25(7)8/h9-17,22-25H,18-21,37H2,1-8H3. The van der Waals surface area contributed by atoms with Gasteiger partial charge in [-0.05, 0) is 118 Å². The van der Waals surface area contributed by atoms with E-state index in [-0.39, 0.29) is 10.8 Å². The molecule has 0 fully saturated rings. The molecule has 3 aromatic carbocycles. The zero-order valence-corrected chi connectivity index (χ0v) is 24.4. The maximum absolute atomic E-state index is 6.46. The van der Waals surface area contributed by atoms with E-state index in [1.54, 1.807) is 11.1 Å². The zero-order valence-electron chi connectivity index (χ0n) is 24.4. The maximum atomic E-state index is 6.46. The Morgan fingerprint density at radius 1 is 0.486 bits per heavy atom. The fourth-order valence-corrected chi connectivity index (χ4v) is 8.29. The van der Waals surface area contributed by atoms with E-state index in [1.165, 1.54) is 46.2 Å². The molecule has 5 rings (SSSR count). The second-order valence-corrected chi connectivity index (χ2v) is 13.9. The molecule has 0 aromatic heterocycles. The second kappa shape index (κ2) is 9.33. The van der Waals surface area contributed by atoms with Crippen LogP contribution in [0.15, 0.2) is 54.6 Å². The molecule has 0 saturated carbocycles. The summed E-state index contributed by atoms with van der Waals surface area (Å²) in [6, 6.07) is 21.3. The maximum Gasteiger partial charge on any atom is 0.0317 e. The van der Waals surface area contributed by atoms with Crippen LogP contribution in [-0.2, 0) is 10.8 Å². The Bertz CT molecular complexity index is 1290. The highest BCUT2D eigenvalue weighted by Gasteiger charge is 2.49. The minimum atomic E-state index is 0.00764. The average Bonchev–Trinajstić information content (AvgIpc) is 3.19. The molecule has 0 bridgehead atoms. The molecule has 0 aliphatic heterocycles. The molecule has 2 aliphatic rings. The Morgan fingerprint density at radius 2 is 0.892 bits per heavy atom. The molecule has 0 atom stereocenters. The number of benzene rings is 3. The summed E-state index contributed by atoms with van der Waals surface area (Å²) in [7, 11) is 0. The van der Waals surface area contributed by atoms with Crippen molar-refractivity contribution in [1.29, 1.82) is 0 Å². The molecule has 0 amide bonds. The van der Waals surface area contributed by atoms with Crippen molar-refractivity contribution in [3.05, 3.63) is 76.9 Å². The van der Waals surface area contributed by atoms with Crippen LogP contribution >= 0.6 is 0 Å². The SMILES string of the molecule is CC(C)CC1(CC(C)C)c2ccccc2-c2cc3c(cc21)-c1ccc(N)cc1C3(CC(C)C)CC(C)C. The summed E-state index contributed by atoms with van der Waals surface area (Å²) in [6.07, 6.45) is 4.67. The van der Waals surface area contributed by atoms with Crippen molar-refractivity contribution in [3.63, 3.8) is 0 Å². The summed E-state index contributed by atoms with van der Waals surface area (Å²) >= 11 is 0. The smallest absolute Gasteiger partial charge is 0.0317 e. The predicted octanol–water partition coefficient (Wildman–Crippen LogP) is 9.99. The summed E-state index contributed by atoms with van der Waals surface area (Å²) in [5, 5.41) is 0. The normalized spacial score (nSPS) is 16.4. The lowest BCUT2D eigenvalue weighted by molar-refractivity contribution is 0.334. The van der Waals surface area contributed by atoms with Crippen molar-refractivity contribution in [2.75, 3.05) is 5.73 Å². The summed E-state index contributed by atoms with van der Waals surface area (Å²) in [6.45, 7) is 19.1. The Balaban J connectivity index is 1.86. The van der Waals surface area contributed by atoms with E-state index in [9.17, 15) is 0 Å². The molecule has 0 unspecified atom stereocenters. The van der Waals surface area contributed by atoms with E-state index in [4.69, 9.17) is 5.73 Å². The van der Waals surface area contributed by atoms with Crippen LogP contribution in [0.1, 0.15) is 103 Å². The first-order chi connectivity index (χ1) is 17.5. The molecule has 3 aromatic rings. The van der Waals surface area contributed by atoms with Gasteiger partial charge in [-0.1, -0.05) is 85.7 Å². The molecule has 2 aliphatic carbocycles. The Labute approximate surface area is 225 Å². The molecule has 196 valence electrons. The van der Waals surface area contributed by atoms with Crippen molar-refractivity contribution >= 4 is 5.69 Å². The average molecular weight is 494 g/mol. The molecule has 1 nitrogen and oxygen atoms in total. The number of rotatable bonds is 8. The number of hydrogen-bond donors (Lipinski definition) is 1. The molecule has 37 heavy (non-hydrogen) atoms. The largest absolute Gasteiger partial charge is 0.399 e. The van der Waals surface area contributed by atoms with Crippen molar-refractivity contribution in [2.45, 2.75) is 91.9 Å². The number of nitrogens with two attached hydrogens (primary N) is 1. The van der Waals surface area contributed by atoms with Gasteiger partial charge in [0.05, 0.1) is 0 Å².